The van der Waals surface area contributed by atoms with Gasteiger partial charge in [-0.15, -0.1) is 0 Å². The molecule has 6 nitrogen and oxygen atoms in total. The molecular formula is C22H20O6. The highest BCUT2D eigenvalue weighted by Gasteiger charge is 2.09. The molecule has 0 aromatic heterocycles. The average molecular weight is 380 g/mol. The van der Waals surface area contributed by atoms with Crippen molar-refractivity contribution in [1.82, 2.24) is 0 Å². The van der Waals surface area contributed by atoms with Crippen LogP contribution in [-0.2, 0) is 19.1 Å². The van der Waals surface area contributed by atoms with Crippen LogP contribution in [0.25, 0.3) is 6.08 Å². The van der Waals surface area contributed by atoms with Crippen molar-refractivity contribution in [3.63, 3.8) is 0 Å². The molecule has 0 radical (unpaired) electrons. The van der Waals surface area contributed by atoms with E-state index in [2.05, 4.69) is 6.58 Å². The van der Waals surface area contributed by atoms with Gasteiger partial charge in [0.05, 0.1) is 5.56 Å². The summed E-state index contributed by atoms with van der Waals surface area (Å²) in [6.45, 7) is 4.85. The van der Waals surface area contributed by atoms with Gasteiger partial charge >= 0.3 is 17.9 Å². The Hall–Kier alpha value is -3.67. The molecule has 0 aliphatic carbocycles. The summed E-state index contributed by atoms with van der Waals surface area (Å²) in [6, 6.07) is 15.3. The molecule has 0 saturated carbocycles. The van der Waals surface area contributed by atoms with E-state index in [0.29, 0.717) is 5.75 Å². The molecule has 0 amide bonds. The van der Waals surface area contributed by atoms with Gasteiger partial charge in [0.15, 0.2) is 0 Å². The summed E-state index contributed by atoms with van der Waals surface area (Å²) in [4.78, 5) is 35.0. The van der Waals surface area contributed by atoms with Crippen LogP contribution in [0.4, 0.5) is 0 Å². The fourth-order valence-electron chi connectivity index (χ4n) is 2.01. The second-order valence-corrected chi connectivity index (χ2v) is 5.74. The lowest BCUT2D eigenvalue weighted by Gasteiger charge is -2.07. The van der Waals surface area contributed by atoms with E-state index < -0.39 is 17.9 Å². The van der Waals surface area contributed by atoms with Gasteiger partial charge in [0.2, 0.25) is 0 Å². The third-order valence-electron chi connectivity index (χ3n) is 3.42. The molecule has 0 spiro atoms. The fraction of sp³-hybridized carbons (Fsp3) is 0.136. The van der Waals surface area contributed by atoms with E-state index in [1.54, 1.807) is 6.08 Å². The summed E-state index contributed by atoms with van der Waals surface area (Å²) in [7, 11) is 0. The van der Waals surface area contributed by atoms with E-state index in [4.69, 9.17) is 14.2 Å². The highest BCUT2D eigenvalue weighted by Crippen LogP contribution is 2.14. The van der Waals surface area contributed by atoms with Crippen molar-refractivity contribution in [2.45, 2.75) is 6.92 Å². The van der Waals surface area contributed by atoms with Crippen LogP contribution in [0.3, 0.4) is 0 Å². The van der Waals surface area contributed by atoms with Crippen molar-refractivity contribution in [3.8, 4) is 5.75 Å². The van der Waals surface area contributed by atoms with E-state index in [0.717, 1.165) is 5.56 Å². The highest BCUT2D eigenvalue weighted by molar-refractivity contribution is 5.90. The van der Waals surface area contributed by atoms with E-state index in [9.17, 15) is 14.4 Å². The monoisotopic (exact) mass is 380 g/mol. The highest BCUT2D eigenvalue weighted by atomic mass is 16.6. The van der Waals surface area contributed by atoms with E-state index in [1.165, 1.54) is 37.3 Å². The third kappa shape index (κ3) is 6.92. The second-order valence-electron chi connectivity index (χ2n) is 5.74. The zero-order chi connectivity index (χ0) is 20.4. The molecule has 0 heterocycles. The molecule has 144 valence electrons. The molecule has 0 bridgehead atoms. The lowest BCUT2D eigenvalue weighted by atomic mass is 10.2. The summed E-state index contributed by atoms with van der Waals surface area (Å²) in [6.07, 6.45) is 2.97. The Morgan fingerprint density at radius 1 is 0.929 bits per heavy atom. The Morgan fingerprint density at radius 2 is 1.57 bits per heavy atom. The SMILES string of the molecule is C=C(C)C(=O)OCCOC(=O)c1ccc(OC(=O)/C=C/c2ccccc2)cc1. The smallest absolute Gasteiger partial charge is 0.338 e. The summed E-state index contributed by atoms with van der Waals surface area (Å²) >= 11 is 0. The van der Waals surface area contributed by atoms with Crippen molar-refractivity contribution >= 4 is 24.0 Å². The van der Waals surface area contributed by atoms with E-state index >= 15 is 0 Å². The lowest BCUT2D eigenvalue weighted by molar-refractivity contribution is -0.140. The Morgan fingerprint density at radius 3 is 2.21 bits per heavy atom. The van der Waals surface area contributed by atoms with Crippen molar-refractivity contribution in [2.24, 2.45) is 0 Å². The Kier molecular flexibility index (Phi) is 7.72. The first-order valence-electron chi connectivity index (χ1n) is 8.50. The minimum absolute atomic E-state index is 0.0547. The van der Waals surface area contributed by atoms with Crippen LogP contribution >= 0.6 is 0 Å². The number of esters is 3. The standard InChI is InChI=1S/C22H20O6/c1-16(2)21(24)26-14-15-27-22(25)18-9-11-19(12-10-18)28-20(23)13-8-17-6-4-3-5-7-17/h3-13H,1,14-15H2,2H3/b13-8+. The second kappa shape index (κ2) is 10.5. The molecule has 0 saturated heterocycles. The molecule has 6 heteroatoms. The third-order valence-corrected chi connectivity index (χ3v) is 3.42. The van der Waals surface area contributed by atoms with Crippen LogP contribution in [0.15, 0.2) is 72.8 Å². The molecule has 0 fully saturated rings. The van der Waals surface area contributed by atoms with Gasteiger partial charge in [0.25, 0.3) is 0 Å². The molecule has 2 aromatic carbocycles. The molecule has 0 N–H and O–H groups in total. The maximum absolute atomic E-state index is 11.9. The minimum atomic E-state index is -0.576. The number of ether oxygens (including phenoxy) is 3. The molecule has 2 aromatic rings. The summed E-state index contributed by atoms with van der Waals surface area (Å²) in [5, 5.41) is 0. The number of benzene rings is 2. The molecule has 0 aliphatic heterocycles. The molecule has 0 unspecified atom stereocenters. The number of carbonyl (C=O) groups excluding carboxylic acids is 3. The van der Waals surface area contributed by atoms with Crippen LogP contribution in [0.5, 0.6) is 5.75 Å². The number of hydrogen-bond donors (Lipinski definition) is 0. The predicted molar refractivity (Wildman–Crippen MR) is 104 cm³/mol. The van der Waals surface area contributed by atoms with Crippen molar-refractivity contribution in [2.75, 3.05) is 13.2 Å². The minimum Gasteiger partial charge on any atom is -0.459 e. The van der Waals surface area contributed by atoms with Gasteiger partial charge in [-0.05, 0) is 42.8 Å². The van der Waals surface area contributed by atoms with Gasteiger partial charge in [-0.25, -0.2) is 14.4 Å². The van der Waals surface area contributed by atoms with Crippen molar-refractivity contribution < 1.29 is 28.6 Å². The molecule has 28 heavy (non-hydrogen) atoms. The quantitative estimate of drug-likeness (QED) is 0.301. The van der Waals surface area contributed by atoms with Crippen LogP contribution in [0, 0.1) is 0 Å². The Bertz CT molecular complexity index is 866. The van der Waals surface area contributed by atoms with Crippen LogP contribution in [0.1, 0.15) is 22.8 Å². The van der Waals surface area contributed by atoms with Crippen LogP contribution < -0.4 is 4.74 Å². The van der Waals surface area contributed by atoms with Gasteiger partial charge in [-0.3, -0.25) is 0 Å². The average Bonchev–Trinajstić information content (AvgIpc) is 2.70. The molecule has 2 rings (SSSR count). The van der Waals surface area contributed by atoms with Gasteiger partial charge in [-0.2, -0.15) is 0 Å². The Balaban J connectivity index is 1.79. The van der Waals surface area contributed by atoms with Crippen LogP contribution in [0.2, 0.25) is 0 Å². The summed E-state index contributed by atoms with van der Waals surface area (Å²) in [5.74, 6) is -1.34. The topological polar surface area (TPSA) is 78.9 Å². The van der Waals surface area contributed by atoms with Crippen molar-refractivity contribution in [1.29, 1.82) is 0 Å². The maximum atomic E-state index is 11.9. The molecular weight excluding hydrogens is 360 g/mol. The number of rotatable bonds is 8. The zero-order valence-corrected chi connectivity index (χ0v) is 15.4. The first-order chi connectivity index (χ1) is 13.5. The number of hydrogen-bond acceptors (Lipinski definition) is 6. The van der Waals surface area contributed by atoms with E-state index in [-0.39, 0.29) is 24.4 Å². The predicted octanol–water partition coefficient (Wildman–Crippen LogP) is 3.58. The van der Waals surface area contributed by atoms with Crippen LogP contribution in [-0.4, -0.2) is 31.1 Å². The van der Waals surface area contributed by atoms with Gasteiger partial charge < -0.3 is 14.2 Å². The Labute approximate surface area is 163 Å². The maximum Gasteiger partial charge on any atom is 0.338 e. The van der Waals surface area contributed by atoms with Gasteiger partial charge in [0, 0.05) is 11.6 Å². The normalized spacial score (nSPS) is 10.3. The van der Waals surface area contributed by atoms with E-state index in [1.807, 2.05) is 30.3 Å². The fourth-order valence-corrected chi connectivity index (χ4v) is 2.01. The molecule has 0 aliphatic rings. The lowest BCUT2D eigenvalue weighted by Crippen LogP contribution is -2.14. The van der Waals surface area contributed by atoms with Gasteiger partial charge in [-0.1, -0.05) is 36.9 Å². The summed E-state index contributed by atoms with van der Waals surface area (Å²) in [5.41, 5.74) is 1.44. The van der Waals surface area contributed by atoms with Gasteiger partial charge in [0.1, 0.15) is 19.0 Å². The first-order valence-corrected chi connectivity index (χ1v) is 8.50. The molecule has 0 atom stereocenters. The first kappa shape index (κ1) is 20.6. The summed E-state index contributed by atoms with van der Waals surface area (Å²) < 4.78 is 15.0. The largest absolute Gasteiger partial charge is 0.459 e. The number of carbonyl (C=O) groups is 3. The van der Waals surface area contributed by atoms with Crippen molar-refractivity contribution in [3.05, 3.63) is 84.0 Å². The zero-order valence-electron chi connectivity index (χ0n) is 15.4.